The van der Waals surface area contributed by atoms with Crippen LogP contribution in [0.15, 0.2) is 29.2 Å². The number of nitrogens with zero attached hydrogens (tertiary/aromatic N) is 1. The van der Waals surface area contributed by atoms with Crippen LogP contribution in [0.2, 0.25) is 0 Å². The fourth-order valence-electron chi connectivity index (χ4n) is 2.99. The minimum atomic E-state index is 0.232. The summed E-state index contributed by atoms with van der Waals surface area (Å²) in [5, 5.41) is 0. The van der Waals surface area contributed by atoms with Gasteiger partial charge in [0.2, 0.25) is 0 Å². The van der Waals surface area contributed by atoms with Crippen molar-refractivity contribution in [2.75, 3.05) is 26.4 Å². The number of carbonyl (C=O) groups is 1. The molecule has 0 spiro atoms. The zero-order valence-electron chi connectivity index (χ0n) is 12.6. The van der Waals surface area contributed by atoms with Gasteiger partial charge in [-0.3, -0.25) is 9.69 Å². The maximum atomic E-state index is 12.2. The highest BCUT2D eigenvalue weighted by Crippen LogP contribution is 2.24. The van der Waals surface area contributed by atoms with E-state index in [9.17, 15) is 4.79 Å². The third-order valence-electron chi connectivity index (χ3n) is 4.12. The van der Waals surface area contributed by atoms with Crippen molar-refractivity contribution < 1.29 is 4.79 Å². The first kappa shape index (κ1) is 15.6. The van der Waals surface area contributed by atoms with Gasteiger partial charge in [0.1, 0.15) is 0 Å². The minimum Gasteiger partial charge on any atom is -0.299 e. The summed E-state index contributed by atoms with van der Waals surface area (Å²) in [7, 11) is 2.07. The van der Waals surface area contributed by atoms with Crippen LogP contribution in [0.3, 0.4) is 0 Å². The van der Waals surface area contributed by atoms with Gasteiger partial charge >= 0.3 is 0 Å². The second kappa shape index (κ2) is 7.84. The molecule has 0 heterocycles. The van der Waals surface area contributed by atoms with Crippen molar-refractivity contribution in [1.82, 2.24) is 4.90 Å². The van der Waals surface area contributed by atoms with E-state index in [1.54, 1.807) is 11.8 Å². The predicted molar refractivity (Wildman–Crippen MR) is 86.6 cm³/mol. The molecular weight excluding hydrogens is 266 g/mol. The van der Waals surface area contributed by atoms with Gasteiger partial charge in [-0.25, -0.2) is 0 Å². The monoisotopic (exact) mass is 291 g/mol. The van der Waals surface area contributed by atoms with Crippen LogP contribution in [-0.4, -0.2) is 37.1 Å². The van der Waals surface area contributed by atoms with Gasteiger partial charge in [0.25, 0.3) is 0 Å². The maximum Gasteiger partial charge on any atom is 0.176 e. The van der Waals surface area contributed by atoms with Crippen LogP contribution < -0.4 is 0 Å². The van der Waals surface area contributed by atoms with Gasteiger partial charge in [-0.15, -0.1) is 11.8 Å². The highest BCUT2D eigenvalue weighted by atomic mass is 32.2. The van der Waals surface area contributed by atoms with E-state index in [-0.39, 0.29) is 5.78 Å². The Labute approximate surface area is 126 Å². The van der Waals surface area contributed by atoms with E-state index in [0.29, 0.717) is 6.54 Å². The number of Topliss-reactive ketones (excluding diaryl/α,β-unsaturated/α-hetero) is 1. The van der Waals surface area contributed by atoms with Crippen molar-refractivity contribution in [1.29, 1.82) is 0 Å². The molecule has 2 rings (SSSR count). The number of thioether (sulfide) groups is 1. The minimum absolute atomic E-state index is 0.232. The van der Waals surface area contributed by atoms with Gasteiger partial charge in [0, 0.05) is 17.0 Å². The first-order valence-electron chi connectivity index (χ1n) is 7.55. The van der Waals surface area contributed by atoms with Crippen LogP contribution >= 0.6 is 11.8 Å². The lowest BCUT2D eigenvalue weighted by Gasteiger charge is -2.26. The fourth-order valence-corrected chi connectivity index (χ4v) is 3.40. The summed E-state index contributed by atoms with van der Waals surface area (Å²) in [6.45, 7) is 1.60. The van der Waals surface area contributed by atoms with Gasteiger partial charge in [0.15, 0.2) is 5.78 Å². The van der Waals surface area contributed by atoms with E-state index in [0.717, 1.165) is 18.0 Å². The molecule has 20 heavy (non-hydrogen) atoms. The van der Waals surface area contributed by atoms with E-state index in [4.69, 9.17) is 0 Å². The molecule has 110 valence electrons. The van der Waals surface area contributed by atoms with Crippen LogP contribution in [0.4, 0.5) is 0 Å². The Morgan fingerprint density at radius 2 is 1.85 bits per heavy atom. The van der Waals surface area contributed by atoms with Crippen LogP contribution in [-0.2, 0) is 0 Å². The third kappa shape index (κ3) is 4.64. The Morgan fingerprint density at radius 1 is 1.20 bits per heavy atom. The van der Waals surface area contributed by atoms with Crippen molar-refractivity contribution >= 4 is 17.5 Å². The average molecular weight is 291 g/mol. The van der Waals surface area contributed by atoms with Crippen molar-refractivity contribution in [2.24, 2.45) is 5.92 Å². The topological polar surface area (TPSA) is 20.3 Å². The summed E-state index contributed by atoms with van der Waals surface area (Å²) in [5.74, 6) is 1.02. The lowest BCUT2D eigenvalue weighted by Crippen LogP contribution is -2.31. The SMILES string of the molecule is CSc1ccc(C(=O)CN(C)CC2CCCCC2)cc1. The molecule has 3 heteroatoms. The molecule has 0 amide bonds. The van der Waals surface area contributed by atoms with E-state index >= 15 is 0 Å². The van der Waals surface area contributed by atoms with Crippen LogP contribution in [0.25, 0.3) is 0 Å². The highest BCUT2D eigenvalue weighted by Gasteiger charge is 2.17. The standard InChI is InChI=1S/C17H25NOS/c1-18(12-14-6-4-3-5-7-14)13-17(19)15-8-10-16(20-2)11-9-15/h8-11,14H,3-7,12-13H2,1-2H3. The Bertz CT molecular complexity index is 423. The molecule has 0 atom stereocenters. The summed E-state index contributed by atoms with van der Waals surface area (Å²) in [6, 6.07) is 7.95. The molecular formula is C17H25NOS. The molecule has 0 bridgehead atoms. The number of ketones is 1. The molecule has 1 aromatic carbocycles. The second-order valence-electron chi connectivity index (χ2n) is 5.85. The second-order valence-corrected chi connectivity index (χ2v) is 6.73. The summed E-state index contributed by atoms with van der Waals surface area (Å²) < 4.78 is 0. The Kier molecular flexibility index (Phi) is 6.11. The van der Waals surface area contributed by atoms with Crippen molar-refractivity contribution in [2.45, 2.75) is 37.0 Å². The van der Waals surface area contributed by atoms with Crippen molar-refractivity contribution in [3.8, 4) is 0 Å². The summed E-state index contributed by atoms with van der Waals surface area (Å²) >= 11 is 1.70. The molecule has 0 radical (unpaired) electrons. The third-order valence-corrected chi connectivity index (χ3v) is 4.86. The number of rotatable bonds is 6. The quantitative estimate of drug-likeness (QED) is 0.581. The summed E-state index contributed by atoms with van der Waals surface area (Å²) in [5.41, 5.74) is 0.832. The first-order chi connectivity index (χ1) is 9.69. The smallest absolute Gasteiger partial charge is 0.176 e. The fraction of sp³-hybridized carbons (Fsp3) is 0.588. The van der Waals surface area contributed by atoms with Gasteiger partial charge < -0.3 is 0 Å². The maximum absolute atomic E-state index is 12.2. The molecule has 1 aliphatic carbocycles. The zero-order valence-corrected chi connectivity index (χ0v) is 13.4. The van der Waals surface area contributed by atoms with Gasteiger partial charge in [0.05, 0.1) is 6.54 Å². The Hall–Kier alpha value is -0.800. The van der Waals surface area contributed by atoms with Crippen molar-refractivity contribution in [3.05, 3.63) is 29.8 Å². The van der Waals surface area contributed by atoms with Crippen molar-refractivity contribution in [3.63, 3.8) is 0 Å². The van der Waals surface area contributed by atoms with Crippen LogP contribution in [0, 0.1) is 5.92 Å². The molecule has 1 fully saturated rings. The van der Waals surface area contributed by atoms with Gasteiger partial charge in [-0.05, 0) is 44.2 Å². The van der Waals surface area contributed by atoms with E-state index in [1.165, 1.54) is 37.0 Å². The molecule has 1 aliphatic rings. The van der Waals surface area contributed by atoms with Gasteiger partial charge in [-0.2, -0.15) is 0 Å². The average Bonchev–Trinajstić information content (AvgIpc) is 2.48. The predicted octanol–water partition coefficient (Wildman–Crippen LogP) is 4.10. The molecule has 0 N–H and O–H groups in total. The van der Waals surface area contributed by atoms with Crippen LogP contribution in [0.1, 0.15) is 42.5 Å². The molecule has 0 unspecified atom stereocenters. The summed E-state index contributed by atoms with van der Waals surface area (Å²) in [4.78, 5) is 15.6. The number of carbonyl (C=O) groups excluding carboxylic acids is 1. The van der Waals surface area contributed by atoms with E-state index in [2.05, 4.69) is 18.2 Å². The largest absolute Gasteiger partial charge is 0.299 e. The Balaban J connectivity index is 1.82. The Morgan fingerprint density at radius 3 is 2.45 bits per heavy atom. The summed E-state index contributed by atoms with van der Waals surface area (Å²) in [6.07, 6.45) is 8.84. The highest BCUT2D eigenvalue weighted by molar-refractivity contribution is 7.98. The number of likely N-dealkylation sites (N-methyl/N-ethyl adjacent to an activating group) is 1. The molecule has 1 aromatic rings. The number of benzene rings is 1. The number of hydrogen-bond donors (Lipinski definition) is 0. The van der Waals surface area contributed by atoms with E-state index in [1.807, 2.05) is 24.3 Å². The molecule has 2 nitrogen and oxygen atoms in total. The lowest BCUT2D eigenvalue weighted by atomic mass is 9.89. The first-order valence-corrected chi connectivity index (χ1v) is 8.77. The number of hydrogen-bond acceptors (Lipinski definition) is 3. The van der Waals surface area contributed by atoms with E-state index < -0.39 is 0 Å². The normalized spacial score (nSPS) is 16.6. The molecule has 1 saturated carbocycles. The molecule has 0 aliphatic heterocycles. The zero-order chi connectivity index (χ0) is 14.4. The molecule has 0 saturated heterocycles. The van der Waals surface area contributed by atoms with Gasteiger partial charge in [-0.1, -0.05) is 31.4 Å². The van der Waals surface area contributed by atoms with Crippen LogP contribution in [0.5, 0.6) is 0 Å². The molecule has 0 aromatic heterocycles. The lowest BCUT2D eigenvalue weighted by molar-refractivity contribution is 0.0932.